The minimum absolute atomic E-state index is 0.103. The fraction of sp³-hybridized carbons (Fsp3) is 0.231. The van der Waals surface area contributed by atoms with Crippen LogP contribution in [0.5, 0.6) is 0 Å². The summed E-state index contributed by atoms with van der Waals surface area (Å²) in [5.41, 5.74) is 2.70. The van der Waals surface area contributed by atoms with Gasteiger partial charge in [0.1, 0.15) is 4.88 Å². The van der Waals surface area contributed by atoms with E-state index in [1.54, 1.807) is 0 Å². The minimum Gasteiger partial charge on any atom is -0.321 e. The summed E-state index contributed by atoms with van der Waals surface area (Å²) in [7, 11) is 0. The lowest BCUT2D eigenvalue weighted by atomic mass is 10.2. The van der Waals surface area contributed by atoms with Crippen molar-refractivity contribution in [3.05, 3.63) is 43.8 Å². The van der Waals surface area contributed by atoms with Crippen molar-refractivity contribution in [2.24, 2.45) is 0 Å². The van der Waals surface area contributed by atoms with Gasteiger partial charge in [-0.1, -0.05) is 22.0 Å². The van der Waals surface area contributed by atoms with Crippen LogP contribution in [0.15, 0.2) is 22.7 Å². The number of nitrogens with one attached hydrogen (secondary N) is 1. The highest BCUT2D eigenvalue weighted by Crippen LogP contribution is 2.23. The molecule has 0 saturated heterocycles. The first-order valence-corrected chi connectivity index (χ1v) is 7.10. The number of anilines is 1. The number of halogens is 1. The number of carbonyl (C=O) groups excluding carboxylic acids is 1. The molecular weight excluding hydrogens is 312 g/mol. The number of aryl methyl sites for hydroxylation is 3. The van der Waals surface area contributed by atoms with Crippen molar-refractivity contribution in [2.75, 3.05) is 5.32 Å². The zero-order valence-electron chi connectivity index (χ0n) is 10.4. The smallest absolute Gasteiger partial charge is 0.267 e. The summed E-state index contributed by atoms with van der Waals surface area (Å²) < 4.78 is 0.984. The van der Waals surface area contributed by atoms with Gasteiger partial charge in [-0.05, 0) is 38.5 Å². The van der Waals surface area contributed by atoms with Crippen LogP contribution in [0, 0.1) is 20.8 Å². The Balaban J connectivity index is 2.21. The molecule has 0 aliphatic carbocycles. The summed E-state index contributed by atoms with van der Waals surface area (Å²) in [6.07, 6.45) is 0. The molecule has 1 aromatic carbocycles. The fourth-order valence-electron chi connectivity index (χ4n) is 1.60. The molecule has 0 spiro atoms. The van der Waals surface area contributed by atoms with Gasteiger partial charge in [-0.25, -0.2) is 4.98 Å². The maximum Gasteiger partial charge on any atom is 0.267 e. The zero-order valence-corrected chi connectivity index (χ0v) is 12.8. The third-order valence-corrected chi connectivity index (χ3v) is 4.47. The molecule has 0 saturated carbocycles. The van der Waals surface area contributed by atoms with Gasteiger partial charge in [0.15, 0.2) is 0 Å². The second-order valence-corrected chi connectivity index (χ2v) is 6.12. The molecule has 0 fully saturated rings. The molecule has 2 aromatic rings. The number of benzene rings is 1. The Morgan fingerprint density at radius 3 is 2.61 bits per heavy atom. The lowest BCUT2D eigenvalue weighted by Gasteiger charge is -2.06. The maximum atomic E-state index is 12.1. The molecule has 2 rings (SSSR count). The molecule has 0 radical (unpaired) electrons. The quantitative estimate of drug-likeness (QED) is 0.904. The van der Waals surface area contributed by atoms with Crippen LogP contribution in [0.2, 0.25) is 0 Å². The summed E-state index contributed by atoms with van der Waals surface area (Å²) in [6.45, 7) is 5.76. The molecule has 94 valence electrons. The predicted molar refractivity (Wildman–Crippen MR) is 78.4 cm³/mol. The zero-order chi connectivity index (χ0) is 13.3. The highest BCUT2D eigenvalue weighted by Gasteiger charge is 2.14. The SMILES string of the molecule is Cc1nc(C)c(C(=O)Nc2ccc(C)c(Br)c2)s1. The van der Waals surface area contributed by atoms with Crippen molar-refractivity contribution in [3.63, 3.8) is 0 Å². The number of amides is 1. The van der Waals surface area contributed by atoms with E-state index >= 15 is 0 Å². The van der Waals surface area contributed by atoms with Gasteiger partial charge in [-0.15, -0.1) is 11.3 Å². The average molecular weight is 325 g/mol. The summed E-state index contributed by atoms with van der Waals surface area (Å²) in [5.74, 6) is -0.103. The minimum atomic E-state index is -0.103. The van der Waals surface area contributed by atoms with E-state index in [-0.39, 0.29) is 5.91 Å². The second-order valence-electron chi connectivity index (χ2n) is 4.07. The molecule has 0 aliphatic heterocycles. The summed E-state index contributed by atoms with van der Waals surface area (Å²) in [5, 5.41) is 3.79. The largest absolute Gasteiger partial charge is 0.321 e. The molecule has 18 heavy (non-hydrogen) atoms. The Kier molecular flexibility index (Phi) is 3.82. The number of aromatic nitrogens is 1. The van der Waals surface area contributed by atoms with E-state index in [4.69, 9.17) is 0 Å². The number of rotatable bonds is 2. The molecule has 3 nitrogen and oxygen atoms in total. The molecule has 1 N–H and O–H groups in total. The lowest BCUT2D eigenvalue weighted by Crippen LogP contribution is -2.11. The first-order valence-electron chi connectivity index (χ1n) is 5.49. The van der Waals surface area contributed by atoms with Gasteiger partial charge in [0.05, 0.1) is 10.7 Å². The van der Waals surface area contributed by atoms with E-state index in [2.05, 4.69) is 26.2 Å². The normalized spacial score (nSPS) is 10.4. The average Bonchev–Trinajstić information content (AvgIpc) is 2.63. The van der Waals surface area contributed by atoms with E-state index in [0.717, 1.165) is 26.4 Å². The number of hydrogen-bond acceptors (Lipinski definition) is 3. The van der Waals surface area contributed by atoms with Gasteiger partial charge < -0.3 is 5.32 Å². The summed E-state index contributed by atoms with van der Waals surface area (Å²) in [4.78, 5) is 17.0. The van der Waals surface area contributed by atoms with E-state index in [0.29, 0.717) is 4.88 Å². The standard InChI is InChI=1S/C13H13BrN2OS/c1-7-4-5-10(6-11(7)14)16-13(17)12-8(2)15-9(3)18-12/h4-6H,1-3H3,(H,16,17). The fourth-order valence-corrected chi connectivity index (χ4v) is 2.79. The summed E-state index contributed by atoms with van der Waals surface area (Å²) >= 11 is 4.86. The summed E-state index contributed by atoms with van der Waals surface area (Å²) in [6, 6.07) is 5.75. The van der Waals surface area contributed by atoms with Crippen molar-refractivity contribution >= 4 is 38.9 Å². The molecule has 0 aliphatic rings. The van der Waals surface area contributed by atoms with Gasteiger partial charge in [0.25, 0.3) is 5.91 Å². The van der Waals surface area contributed by atoms with Crippen molar-refractivity contribution < 1.29 is 4.79 Å². The Morgan fingerprint density at radius 1 is 1.33 bits per heavy atom. The van der Waals surface area contributed by atoms with Crippen molar-refractivity contribution in [1.29, 1.82) is 0 Å². The van der Waals surface area contributed by atoms with Crippen LogP contribution in [0.1, 0.15) is 25.9 Å². The van der Waals surface area contributed by atoms with Crippen LogP contribution in [-0.2, 0) is 0 Å². The van der Waals surface area contributed by atoms with Gasteiger partial charge in [0.2, 0.25) is 0 Å². The first kappa shape index (κ1) is 13.2. The predicted octanol–water partition coefficient (Wildman–Crippen LogP) is 4.08. The van der Waals surface area contributed by atoms with Crippen molar-refractivity contribution in [2.45, 2.75) is 20.8 Å². The maximum absolute atomic E-state index is 12.1. The van der Waals surface area contributed by atoms with E-state index in [1.807, 2.05) is 39.0 Å². The van der Waals surface area contributed by atoms with Crippen molar-refractivity contribution in [1.82, 2.24) is 4.98 Å². The Morgan fingerprint density at radius 2 is 2.06 bits per heavy atom. The Labute approximate surface area is 118 Å². The van der Waals surface area contributed by atoms with Crippen molar-refractivity contribution in [3.8, 4) is 0 Å². The Bertz CT molecular complexity index is 607. The topological polar surface area (TPSA) is 42.0 Å². The number of carbonyl (C=O) groups is 1. The Hall–Kier alpha value is -1.20. The van der Waals surface area contributed by atoms with E-state index < -0.39 is 0 Å². The van der Waals surface area contributed by atoms with Gasteiger partial charge >= 0.3 is 0 Å². The highest BCUT2D eigenvalue weighted by molar-refractivity contribution is 9.10. The number of thiazole rings is 1. The van der Waals surface area contributed by atoms with Crippen LogP contribution in [-0.4, -0.2) is 10.9 Å². The van der Waals surface area contributed by atoms with E-state index in [9.17, 15) is 4.79 Å². The second kappa shape index (κ2) is 5.20. The molecule has 1 aromatic heterocycles. The third kappa shape index (κ3) is 2.79. The van der Waals surface area contributed by atoms with Crippen LogP contribution in [0.25, 0.3) is 0 Å². The molecule has 0 atom stereocenters. The third-order valence-electron chi connectivity index (χ3n) is 2.54. The molecular formula is C13H13BrN2OS. The van der Waals surface area contributed by atoms with Crippen LogP contribution in [0.4, 0.5) is 5.69 Å². The molecule has 1 amide bonds. The molecule has 0 unspecified atom stereocenters. The lowest BCUT2D eigenvalue weighted by molar-refractivity contribution is 0.103. The first-order chi connectivity index (χ1) is 8.47. The van der Waals surface area contributed by atoms with Gasteiger partial charge in [-0.2, -0.15) is 0 Å². The van der Waals surface area contributed by atoms with Crippen LogP contribution in [0.3, 0.4) is 0 Å². The molecule has 0 bridgehead atoms. The monoisotopic (exact) mass is 324 g/mol. The highest BCUT2D eigenvalue weighted by atomic mass is 79.9. The molecule has 5 heteroatoms. The van der Waals surface area contributed by atoms with Gasteiger partial charge in [-0.3, -0.25) is 4.79 Å². The van der Waals surface area contributed by atoms with E-state index in [1.165, 1.54) is 11.3 Å². The van der Waals surface area contributed by atoms with Gasteiger partial charge in [0, 0.05) is 10.2 Å². The number of hydrogen-bond donors (Lipinski definition) is 1. The number of nitrogens with zero attached hydrogens (tertiary/aromatic N) is 1. The van der Waals surface area contributed by atoms with Crippen LogP contribution < -0.4 is 5.32 Å². The molecule has 1 heterocycles. The van der Waals surface area contributed by atoms with Crippen LogP contribution >= 0.6 is 27.3 Å².